The van der Waals surface area contributed by atoms with Crippen LogP contribution in [0.1, 0.15) is 43.0 Å². The molecule has 0 spiro atoms. The normalized spacial score (nSPS) is 26.7. The van der Waals surface area contributed by atoms with Crippen molar-refractivity contribution >= 4 is 11.9 Å². The zero-order valence-corrected chi connectivity index (χ0v) is 10.8. The summed E-state index contributed by atoms with van der Waals surface area (Å²) in [6.45, 7) is 2.01. The van der Waals surface area contributed by atoms with E-state index < -0.39 is 17.4 Å². The lowest BCUT2D eigenvalue weighted by atomic mass is 9.76. The molecule has 0 bridgehead atoms. The topological polar surface area (TPSA) is 92.2 Å². The molecule has 19 heavy (non-hydrogen) atoms. The molecule has 0 aromatic carbocycles. The molecule has 1 aliphatic carbocycles. The van der Waals surface area contributed by atoms with Crippen LogP contribution >= 0.6 is 0 Å². The second-order valence-corrected chi connectivity index (χ2v) is 5.17. The Bertz CT molecular complexity index is 477. The largest absolute Gasteiger partial charge is 0.480 e. The van der Waals surface area contributed by atoms with Gasteiger partial charge in [-0.1, -0.05) is 19.8 Å². The number of rotatable bonds is 3. The summed E-state index contributed by atoms with van der Waals surface area (Å²) >= 11 is 0. The zero-order chi connectivity index (χ0) is 13.9. The van der Waals surface area contributed by atoms with Gasteiger partial charge >= 0.3 is 5.97 Å². The summed E-state index contributed by atoms with van der Waals surface area (Å²) in [5, 5.41) is 12.1. The molecule has 1 amide bonds. The number of amides is 1. The highest BCUT2D eigenvalue weighted by molar-refractivity contribution is 5.97. The van der Waals surface area contributed by atoms with Crippen molar-refractivity contribution in [1.29, 1.82) is 0 Å². The Morgan fingerprint density at radius 1 is 1.42 bits per heavy atom. The third-order valence-corrected chi connectivity index (χ3v) is 3.58. The Labute approximate surface area is 111 Å². The molecule has 1 heterocycles. The first kappa shape index (κ1) is 13.5. The van der Waals surface area contributed by atoms with Gasteiger partial charge in [0.25, 0.3) is 5.91 Å². The van der Waals surface area contributed by atoms with Crippen molar-refractivity contribution in [2.75, 3.05) is 0 Å². The van der Waals surface area contributed by atoms with Gasteiger partial charge in [-0.05, 0) is 18.8 Å². The van der Waals surface area contributed by atoms with Crippen LogP contribution in [-0.4, -0.2) is 32.5 Å². The number of aliphatic carboxylic acids is 1. The number of hydrogen-bond acceptors (Lipinski definition) is 4. The first-order chi connectivity index (χ1) is 9.03. The summed E-state index contributed by atoms with van der Waals surface area (Å²) < 4.78 is 0. The molecule has 0 saturated heterocycles. The fourth-order valence-corrected chi connectivity index (χ4v) is 2.62. The Hall–Kier alpha value is -1.98. The molecule has 1 fully saturated rings. The van der Waals surface area contributed by atoms with Gasteiger partial charge in [-0.3, -0.25) is 4.79 Å². The zero-order valence-electron chi connectivity index (χ0n) is 10.8. The number of hydrogen-bond donors (Lipinski definition) is 2. The lowest BCUT2D eigenvalue weighted by Crippen LogP contribution is -2.56. The maximum Gasteiger partial charge on any atom is 0.329 e. The molecule has 0 radical (unpaired) electrons. The maximum atomic E-state index is 12.1. The number of carboxylic acids is 1. The van der Waals surface area contributed by atoms with Crippen molar-refractivity contribution in [3.8, 4) is 0 Å². The van der Waals surface area contributed by atoms with Crippen LogP contribution in [0.5, 0.6) is 0 Å². The average Bonchev–Trinajstić information content (AvgIpc) is 2.39. The van der Waals surface area contributed by atoms with Crippen LogP contribution in [0.25, 0.3) is 0 Å². The number of aromatic nitrogens is 2. The van der Waals surface area contributed by atoms with Crippen molar-refractivity contribution < 1.29 is 14.7 Å². The van der Waals surface area contributed by atoms with Crippen molar-refractivity contribution in [2.24, 2.45) is 5.92 Å². The van der Waals surface area contributed by atoms with E-state index in [-0.39, 0.29) is 11.5 Å². The maximum absolute atomic E-state index is 12.1. The predicted octanol–water partition coefficient (Wildman–Crippen LogP) is 1.24. The van der Waals surface area contributed by atoms with Gasteiger partial charge in [-0.15, -0.1) is 0 Å². The third kappa shape index (κ3) is 2.89. The minimum Gasteiger partial charge on any atom is -0.480 e. The van der Waals surface area contributed by atoms with Gasteiger partial charge < -0.3 is 10.4 Å². The van der Waals surface area contributed by atoms with Crippen LogP contribution < -0.4 is 5.32 Å². The smallest absolute Gasteiger partial charge is 0.329 e. The fourth-order valence-electron chi connectivity index (χ4n) is 2.62. The second-order valence-electron chi connectivity index (χ2n) is 5.17. The fraction of sp³-hybridized carbons (Fsp3) is 0.538. The predicted molar refractivity (Wildman–Crippen MR) is 67.5 cm³/mol. The highest BCUT2D eigenvalue weighted by Crippen LogP contribution is 2.32. The van der Waals surface area contributed by atoms with Crippen LogP contribution in [0, 0.1) is 5.92 Å². The van der Waals surface area contributed by atoms with Crippen LogP contribution in [0.2, 0.25) is 0 Å². The van der Waals surface area contributed by atoms with E-state index in [4.69, 9.17) is 0 Å². The number of carbonyl (C=O) groups is 2. The van der Waals surface area contributed by atoms with Gasteiger partial charge in [0.2, 0.25) is 0 Å². The molecule has 1 aliphatic rings. The van der Waals surface area contributed by atoms with Gasteiger partial charge in [0.15, 0.2) is 0 Å². The van der Waals surface area contributed by atoms with E-state index in [0.29, 0.717) is 12.8 Å². The summed E-state index contributed by atoms with van der Waals surface area (Å²) in [5.74, 6) is -1.11. The van der Waals surface area contributed by atoms with Crippen molar-refractivity contribution in [2.45, 2.75) is 38.1 Å². The van der Waals surface area contributed by atoms with Crippen molar-refractivity contribution in [3.63, 3.8) is 0 Å². The van der Waals surface area contributed by atoms with E-state index in [2.05, 4.69) is 15.3 Å². The molecule has 2 atom stereocenters. The van der Waals surface area contributed by atoms with Gasteiger partial charge in [0.05, 0.1) is 5.56 Å². The molecule has 6 nitrogen and oxygen atoms in total. The van der Waals surface area contributed by atoms with E-state index in [1.165, 1.54) is 18.7 Å². The number of carboxylic acid groups (broad SMARTS) is 1. The molecule has 1 aromatic rings. The average molecular weight is 263 g/mol. The molecule has 6 heteroatoms. The van der Waals surface area contributed by atoms with Crippen LogP contribution in [0.15, 0.2) is 18.7 Å². The summed E-state index contributed by atoms with van der Waals surface area (Å²) in [6.07, 6.45) is 6.81. The summed E-state index contributed by atoms with van der Waals surface area (Å²) in [6, 6.07) is 0. The number of carbonyl (C=O) groups excluding carboxylic acids is 1. The van der Waals surface area contributed by atoms with E-state index in [1.807, 2.05) is 6.92 Å². The van der Waals surface area contributed by atoms with Gasteiger partial charge in [-0.2, -0.15) is 0 Å². The minimum atomic E-state index is -1.16. The summed E-state index contributed by atoms with van der Waals surface area (Å²) in [7, 11) is 0. The molecule has 2 rings (SSSR count). The Morgan fingerprint density at radius 2 is 2.11 bits per heavy atom. The Balaban J connectivity index is 2.18. The Morgan fingerprint density at radius 3 is 2.68 bits per heavy atom. The molecule has 2 N–H and O–H groups in total. The molecule has 0 aliphatic heterocycles. The molecule has 1 saturated carbocycles. The standard InChI is InChI=1S/C13H17N3O3/c1-9-3-2-4-13(5-9,12(18)19)16-11(17)10-6-14-8-15-7-10/h6-9H,2-5H2,1H3,(H,16,17)(H,18,19). The van der Waals surface area contributed by atoms with Gasteiger partial charge in [0, 0.05) is 12.4 Å². The van der Waals surface area contributed by atoms with Gasteiger partial charge in [0.1, 0.15) is 11.9 Å². The van der Waals surface area contributed by atoms with Crippen LogP contribution in [0.3, 0.4) is 0 Å². The monoisotopic (exact) mass is 263 g/mol. The first-order valence-electron chi connectivity index (χ1n) is 6.34. The second kappa shape index (κ2) is 5.34. The van der Waals surface area contributed by atoms with E-state index in [1.54, 1.807) is 0 Å². The van der Waals surface area contributed by atoms with Gasteiger partial charge in [-0.25, -0.2) is 14.8 Å². The number of nitrogens with zero attached hydrogens (tertiary/aromatic N) is 2. The third-order valence-electron chi connectivity index (χ3n) is 3.58. The number of nitrogens with one attached hydrogen (secondary N) is 1. The highest BCUT2D eigenvalue weighted by Gasteiger charge is 2.43. The van der Waals surface area contributed by atoms with Crippen molar-refractivity contribution in [1.82, 2.24) is 15.3 Å². The summed E-state index contributed by atoms with van der Waals surface area (Å²) in [5.41, 5.74) is -0.883. The Kier molecular flexibility index (Phi) is 3.78. The summed E-state index contributed by atoms with van der Waals surface area (Å²) in [4.78, 5) is 31.1. The molecular weight excluding hydrogens is 246 g/mol. The van der Waals surface area contributed by atoms with E-state index in [0.717, 1.165) is 12.8 Å². The molecule has 102 valence electrons. The quantitative estimate of drug-likeness (QED) is 0.856. The minimum absolute atomic E-state index is 0.279. The first-order valence-corrected chi connectivity index (χ1v) is 6.34. The molecular formula is C13H17N3O3. The van der Waals surface area contributed by atoms with Crippen LogP contribution in [0.4, 0.5) is 0 Å². The van der Waals surface area contributed by atoms with E-state index >= 15 is 0 Å². The lowest BCUT2D eigenvalue weighted by molar-refractivity contribution is -0.146. The molecule has 2 unspecified atom stereocenters. The SMILES string of the molecule is CC1CCCC(NC(=O)c2cncnc2)(C(=O)O)C1. The van der Waals surface area contributed by atoms with E-state index in [9.17, 15) is 14.7 Å². The van der Waals surface area contributed by atoms with Crippen molar-refractivity contribution in [3.05, 3.63) is 24.3 Å². The molecule has 1 aromatic heterocycles. The highest BCUT2D eigenvalue weighted by atomic mass is 16.4. The lowest BCUT2D eigenvalue weighted by Gasteiger charge is -2.37. The van der Waals surface area contributed by atoms with Crippen LogP contribution in [-0.2, 0) is 4.79 Å².